The second-order valence-electron chi connectivity index (χ2n) is 5.28. The fraction of sp³-hybridized carbons (Fsp3) is 0.375. The molecule has 4 heteroatoms. The molecule has 0 aliphatic rings. The van der Waals surface area contributed by atoms with E-state index >= 15 is 0 Å². The molecule has 0 amide bonds. The minimum absolute atomic E-state index is 0.383. The zero-order chi connectivity index (χ0) is 14.7. The molecule has 0 aliphatic carbocycles. The molecule has 1 heterocycles. The lowest BCUT2D eigenvalue weighted by Crippen LogP contribution is -2.17. The van der Waals surface area contributed by atoms with Gasteiger partial charge in [0.15, 0.2) is 0 Å². The van der Waals surface area contributed by atoms with Gasteiger partial charge in [0.2, 0.25) is 5.95 Å². The van der Waals surface area contributed by atoms with Crippen LogP contribution in [0.4, 0.5) is 11.6 Å². The second kappa shape index (κ2) is 6.01. The molecular weight excluding hydrogens is 248 g/mol. The first-order valence-electron chi connectivity index (χ1n) is 6.90. The summed E-state index contributed by atoms with van der Waals surface area (Å²) in [5.74, 6) is 1.10. The number of para-hydroxylation sites is 1. The van der Waals surface area contributed by atoms with Crippen LogP contribution in [0.15, 0.2) is 30.3 Å². The smallest absolute Gasteiger partial charge is 0.230 e. The molecule has 4 nitrogen and oxygen atoms in total. The highest BCUT2D eigenvalue weighted by molar-refractivity contribution is 5.61. The molecule has 1 aromatic carbocycles. The van der Waals surface area contributed by atoms with Gasteiger partial charge in [0, 0.05) is 30.7 Å². The molecule has 0 unspecified atom stereocenters. The van der Waals surface area contributed by atoms with Crippen molar-refractivity contribution in [1.82, 2.24) is 9.97 Å². The fourth-order valence-corrected chi connectivity index (χ4v) is 2.14. The molecule has 0 spiro atoms. The van der Waals surface area contributed by atoms with Crippen LogP contribution in [-0.2, 0) is 6.54 Å². The van der Waals surface area contributed by atoms with Crippen LogP contribution in [0, 0.1) is 6.92 Å². The van der Waals surface area contributed by atoms with Gasteiger partial charge in [0.25, 0.3) is 0 Å². The van der Waals surface area contributed by atoms with Gasteiger partial charge in [-0.2, -0.15) is 0 Å². The third-order valence-corrected chi connectivity index (χ3v) is 3.33. The van der Waals surface area contributed by atoms with E-state index in [0.29, 0.717) is 12.5 Å². The van der Waals surface area contributed by atoms with Gasteiger partial charge in [-0.25, -0.2) is 9.97 Å². The van der Waals surface area contributed by atoms with Crippen LogP contribution < -0.4 is 10.6 Å². The van der Waals surface area contributed by atoms with Crippen LogP contribution >= 0.6 is 0 Å². The number of aryl methyl sites for hydroxylation is 1. The van der Waals surface area contributed by atoms with Gasteiger partial charge in [-0.3, -0.25) is 0 Å². The maximum Gasteiger partial charge on any atom is 0.230 e. The van der Waals surface area contributed by atoms with E-state index in [1.807, 2.05) is 49.2 Å². The van der Waals surface area contributed by atoms with E-state index in [1.54, 1.807) is 0 Å². The van der Waals surface area contributed by atoms with E-state index in [1.165, 1.54) is 0 Å². The maximum atomic E-state index is 5.81. The fourth-order valence-electron chi connectivity index (χ4n) is 2.14. The number of anilines is 2. The van der Waals surface area contributed by atoms with Gasteiger partial charge < -0.3 is 10.6 Å². The van der Waals surface area contributed by atoms with E-state index in [0.717, 1.165) is 28.6 Å². The van der Waals surface area contributed by atoms with Crippen LogP contribution in [0.5, 0.6) is 0 Å². The van der Waals surface area contributed by atoms with Gasteiger partial charge >= 0.3 is 0 Å². The van der Waals surface area contributed by atoms with Gasteiger partial charge in [0.1, 0.15) is 0 Å². The zero-order valence-electron chi connectivity index (χ0n) is 12.6. The molecule has 0 radical (unpaired) electrons. The van der Waals surface area contributed by atoms with Crippen molar-refractivity contribution in [2.45, 2.75) is 33.2 Å². The number of hydrogen-bond donors (Lipinski definition) is 1. The molecule has 0 bridgehead atoms. The molecule has 2 rings (SSSR count). The Balaban J connectivity index is 2.45. The first kappa shape index (κ1) is 14.5. The second-order valence-corrected chi connectivity index (χ2v) is 5.28. The maximum absolute atomic E-state index is 5.81. The lowest BCUT2D eigenvalue weighted by Gasteiger charge is -2.21. The van der Waals surface area contributed by atoms with Crippen molar-refractivity contribution >= 4 is 11.6 Å². The van der Waals surface area contributed by atoms with Gasteiger partial charge in [-0.1, -0.05) is 32.0 Å². The molecule has 20 heavy (non-hydrogen) atoms. The van der Waals surface area contributed by atoms with Crippen molar-refractivity contribution in [2.75, 3.05) is 11.9 Å². The highest BCUT2D eigenvalue weighted by Crippen LogP contribution is 2.25. The van der Waals surface area contributed by atoms with Crippen LogP contribution in [0.25, 0.3) is 0 Å². The molecular formula is C16H22N4. The quantitative estimate of drug-likeness (QED) is 0.927. The van der Waals surface area contributed by atoms with Crippen LogP contribution in [0.2, 0.25) is 0 Å². The monoisotopic (exact) mass is 270 g/mol. The zero-order valence-corrected chi connectivity index (χ0v) is 12.6. The summed E-state index contributed by atoms with van der Waals surface area (Å²) in [6.07, 6.45) is 0. The summed E-state index contributed by atoms with van der Waals surface area (Å²) in [4.78, 5) is 11.2. The Morgan fingerprint density at radius 3 is 2.55 bits per heavy atom. The summed E-state index contributed by atoms with van der Waals surface area (Å²) in [5, 5.41) is 0. The molecule has 0 saturated heterocycles. The molecule has 0 aliphatic heterocycles. The number of nitrogens with zero attached hydrogens (tertiary/aromatic N) is 3. The van der Waals surface area contributed by atoms with Crippen molar-refractivity contribution < 1.29 is 0 Å². The summed E-state index contributed by atoms with van der Waals surface area (Å²) >= 11 is 0. The minimum atomic E-state index is 0.383. The van der Waals surface area contributed by atoms with E-state index in [4.69, 9.17) is 5.73 Å². The number of nitrogens with two attached hydrogens (primary N) is 1. The van der Waals surface area contributed by atoms with E-state index in [9.17, 15) is 0 Å². The van der Waals surface area contributed by atoms with Gasteiger partial charge in [-0.05, 0) is 30.5 Å². The van der Waals surface area contributed by atoms with Crippen molar-refractivity contribution in [1.29, 1.82) is 0 Å². The predicted molar refractivity (Wildman–Crippen MR) is 83.3 cm³/mol. The molecule has 2 aromatic rings. The number of aromatic nitrogens is 2. The standard InChI is InChI=1S/C16H22N4/c1-11(2)14-9-12(3)18-16(19-14)20(4)15-8-6-5-7-13(15)10-17/h5-9,11H,10,17H2,1-4H3. The molecule has 106 valence electrons. The lowest BCUT2D eigenvalue weighted by molar-refractivity contribution is 0.804. The average molecular weight is 270 g/mol. The Labute approximate surface area is 120 Å². The normalized spacial score (nSPS) is 10.9. The van der Waals surface area contributed by atoms with Gasteiger partial charge in [-0.15, -0.1) is 0 Å². The van der Waals surface area contributed by atoms with E-state index < -0.39 is 0 Å². The first-order chi connectivity index (χ1) is 9.52. The summed E-state index contributed by atoms with van der Waals surface area (Å²) in [5.41, 5.74) is 9.99. The highest BCUT2D eigenvalue weighted by Gasteiger charge is 2.13. The molecule has 1 aromatic heterocycles. The van der Waals surface area contributed by atoms with Crippen molar-refractivity contribution in [3.8, 4) is 0 Å². The van der Waals surface area contributed by atoms with Gasteiger partial charge in [0.05, 0.1) is 0 Å². The molecule has 2 N–H and O–H groups in total. The molecule has 0 saturated carbocycles. The Morgan fingerprint density at radius 2 is 1.90 bits per heavy atom. The van der Waals surface area contributed by atoms with E-state index in [-0.39, 0.29) is 0 Å². The topological polar surface area (TPSA) is 55.0 Å². The summed E-state index contributed by atoms with van der Waals surface area (Å²) in [7, 11) is 1.98. The number of hydrogen-bond acceptors (Lipinski definition) is 4. The minimum Gasteiger partial charge on any atom is -0.326 e. The summed E-state index contributed by atoms with van der Waals surface area (Å²) in [6.45, 7) is 6.78. The number of rotatable bonds is 4. The van der Waals surface area contributed by atoms with Crippen molar-refractivity contribution in [2.24, 2.45) is 5.73 Å². The Morgan fingerprint density at radius 1 is 1.20 bits per heavy atom. The SMILES string of the molecule is Cc1cc(C(C)C)nc(N(C)c2ccccc2CN)n1. The number of benzene rings is 1. The Hall–Kier alpha value is -1.94. The van der Waals surface area contributed by atoms with Crippen molar-refractivity contribution in [3.63, 3.8) is 0 Å². The third kappa shape index (κ3) is 2.96. The molecule has 0 fully saturated rings. The predicted octanol–water partition coefficient (Wildman–Crippen LogP) is 3.14. The van der Waals surface area contributed by atoms with Crippen LogP contribution in [0.3, 0.4) is 0 Å². The summed E-state index contributed by atoms with van der Waals surface area (Å²) < 4.78 is 0. The van der Waals surface area contributed by atoms with Crippen LogP contribution in [-0.4, -0.2) is 17.0 Å². The van der Waals surface area contributed by atoms with Crippen LogP contribution in [0.1, 0.15) is 36.7 Å². The first-order valence-corrected chi connectivity index (χ1v) is 6.90. The Bertz CT molecular complexity index is 593. The largest absolute Gasteiger partial charge is 0.326 e. The van der Waals surface area contributed by atoms with E-state index in [2.05, 4.69) is 23.8 Å². The summed E-state index contributed by atoms with van der Waals surface area (Å²) in [6, 6.07) is 10.1. The van der Waals surface area contributed by atoms with Crippen molar-refractivity contribution in [3.05, 3.63) is 47.3 Å². The lowest BCUT2D eigenvalue weighted by atomic mass is 10.1. The Kier molecular flexibility index (Phi) is 4.35. The third-order valence-electron chi connectivity index (χ3n) is 3.33. The average Bonchev–Trinajstić information content (AvgIpc) is 2.45. The molecule has 0 atom stereocenters. The highest BCUT2D eigenvalue weighted by atomic mass is 15.2.